The Morgan fingerprint density at radius 2 is 1.94 bits per heavy atom. The second kappa shape index (κ2) is 8.59. The van der Waals surface area contributed by atoms with Gasteiger partial charge in [0.1, 0.15) is 16.9 Å². The Morgan fingerprint density at radius 3 is 2.61 bits per heavy atom. The molecule has 8 nitrogen and oxygen atoms in total. The smallest absolute Gasteiger partial charge is 0.411 e. The van der Waals surface area contributed by atoms with Gasteiger partial charge in [-0.25, -0.2) is 9.78 Å². The summed E-state index contributed by atoms with van der Waals surface area (Å²) in [4.78, 5) is 26.5. The molecule has 2 atom stereocenters. The number of pyridine rings is 2. The summed E-state index contributed by atoms with van der Waals surface area (Å²) in [6, 6.07) is 9.60. The van der Waals surface area contributed by atoms with Crippen molar-refractivity contribution < 1.29 is 14.3 Å². The van der Waals surface area contributed by atoms with E-state index in [1.807, 2.05) is 62.2 Å². The van der Waals surface area contributed by atoms with Gasteiger partial charge in [0.05, 0.1) is 41.7 Å². The summed E-state index contributed by atoms with van der Waals surface area (Å²) in [5, 5.41) is 0.593. The van der Waals surface area contributed by atoms with E-state index in [0.717, 1.165) is 22.7 Å². The highest BCUT2D eigenvalue weighted by atomic mass is 35.5. The van der Waals surface area contributed by atoms with Crippen LogP contribution >= 0.6 is 11.6 Å². The third-order valence-corrected chi connectivity index (χ3v) is 6.15. The van der Waals surface area contributed by atoms with E-state index >= 15 is 0 Å². The van der Waals surface area contributed by atoms with Crippen molar-refractivity contribution in [3.8, 4) is 11.4 Å². The molecule has 0 spiro atoms. The monoisotopic (exact) mass is 469 g/mol. The van der Waals surface area contributed by atoms with Gasteiger partial charge in [-0.15, -0.1) is 0 Å². The molecule has 2 fully saturated rings. The second-order valence-corrected chi connectivity index (χ2v) is 10.1. The van der Waals surface area contributed by atoms with Crippen LogP contribution in [0.1, 0.15) is 26.5 Å². The Labute approximate surface area is 198 Å². The van der Waals surface area contributed by atoms with Crippen LogP contribution in [0, 0.1) is 0 Å². The zero-order valence-electron chi connectivity index (χ0n) is 19.1. The molecule has 2 aliphatic rings. The Hall–Kier alpha value is -2.68. The van der Waals surface area contributed by atoms with Gasteiger partial charge in [0, 0.05) is 32.0 Å². The van der Waals surface area contributed by atoms with Crippen LogP contribution in [-0.4, -0.2) is 74.2 Å². The van der Waals surface area contributed by atoms with E-state index in [1.165, 1.54) is 0 Å². The molecule has 33 heavy (non-hydrogen) atoms. The van der Waals surface area contributed by atoms with Crippen molar-refractivity contribution in [2.24, 2.45) is 0 Å². The highest BCUT2D eigenvalue weighted by Gasteiger charge is 2.43. The zero-order valence-corrected chi connectivity index (χ0v) is 19.8. The van der Waals surface area contributed by atoms with Crippen LogP contribution in [0.5, 0.6) is 0 Å². The van der Waals surface area contributed by atoms with Gasteiger partial charge in [0.2, 0.25) is 0 Å². The number of nitrogens with zero attached hydrogens (tertiary/aromatic N) is 5. The van der Waals surface area contributed by atoms with Crippen molar-refractivity contribution in [3.63, 3.8) is 0 Å². The molecule has 2 bridgehead atoms. The number of rotatable bonds is 3. The minimum Gasteiger partial charge on any atom is -0.444 e. The molecule has 3 aromatic rings. The second-order valence-electron chi connectivity index (χ2n) is 9.62. The molecule has 2 unspecified atom stereocenters. The predicted molar refractivity (Wildman–Crippen MR) is 125 cm³/mol. The fraction of sp³-hybridized carbons (Fsp3) is 0.458. The summed E-state index contributed by atoms with van der Waals surface area (Å²) in [5.41, 5.74) is 3.03. The van der Waals surface area contributed by atoms with Crippen molar-refractivity contribution >= 4 is 23.3 Å². The van der Waals surface area contributed by atoms with Gasteiger partial charge in [-0.1, -0.05) is 17.7 Å². The highest BCUT2D eigenvalue weighted by molar-refractivity contribution is 6.30. The number of piperazine rings is 1. The van der Waals surface area contributed by atoms with Crippen LogP contribution in [0.2, 0.25) is 5.02 Å². The first-order valence-corrected chi connectivity index (χ1v) is 11.6. The number of carbonyl (C=O) groups excluding carboxylic acids is 1. The lowest BCUT2D eigenvalue weighted by atomic mass is 10.0. The molecule has 5 heterocycles. The molecule has 0 N–H and O–H groups in total. The number of hydrogen-bond acceptors (Lipinski definition) is 6. The Balaban J connectivity index is 1.42. The fourth-order valence-electron chi connectivity index (χ4n) is 4.62. The summed E-state index contributed by atoms with van der Waals surface area (Å²) in [5.74, 6) is 0. The molecule has 5 rings (SSSR count). The number of amides is 1. The lowest BCUT2D eigenvalue weighted by molar-refractivity contribution is -0.0990. The van der Waals surface area contributed by atoms with Crippen molar-refractivity contribution in [2.45, 2.75) is 45.0 Å². The first kappa shape index (κ1) is 22.1. The average molecular weight is 470 g/mol. The Morgan fingerprint density at radius 1 is 1.18 bits per heavy atom. The number of ether oxygens (including phenoxy) is 2. The molecular formula is C24H28ClN5O3. The molecule has 0 radical (unpaired) electrons. The average Bonchev–Trinajstić information content (AvgIpc) is 3.11. The number of fused-ring (bicyclic) bond motifs is 3. The molecular weight excluding hydrogens is 442 g/mol. The van der Waals surface area contributed by atoms with Crippen LogP contribution in [0.15, 0.2) is 42.7 Å². The fourth-order valence-corrected chi connectivity index (χ4v) is 4.73. The largest absolute Gasteiger partial charge is 0.444 e. The van der Waals surface area contributed by atoms with E-state index in [0.29, 0.717) is 37.9 Å². The van der Waals surface area contributed by atoms with Crippen molar-refractivity contribution in [1.29, 1.82) is 0 Å². The van der Waals surface area contributed by atoms with Crippen molar-refractivity contribution in [1.82, 2.24) is 24.2 Å². The maximum atomic E-state index is 12.9. The third-order valence-electron chi connectivity index (χ3n) is 5.92. The Kier molecular flexibility index (Phi) is 5.76. The third kappa shape index (κ3) is 4.55. The summed E-state index contributed by atoms with van der Waals surface area (Å²) in [7, 11) is 0. The van der Waals surface area contributed by atoms with Crippen LogP contribution in [0.4, 0.5) is 4.79 Å². The van der Waals surface area contributed by atoms with E-state index in [4.69, 9.17) is 26.1 Å². The molecule has 0 aromatic carbocycles. The number of imidazole rings is 1. The van der Waals surface area contributed by atoms with Crippen LogP contribution < -0.4 is 0 Å². The van der Waals surface area contributed by atoms with Gasteiger partial charge in [-0.3, -0.25) is 14.8 Å². The molecule has 0 saturated carbocycles. The summed E-state index contributed by atoms with van der Waals surface area (Å²) in [6.45, 7) is 8.77. The SMILES string of the molecule is CC(C)(C)OC(=O)N1C2COCC1CN(Cc1c(-c3ccc(Cl)cn3)nc3ccccn13)C2. The number of carbonyl (C=O) groups is 1. The van der Waals surface area contributed by atoms with E-state index in [9.17, 15) is 4.79 Å². The lowest BCUT2D eigenvalue weighted by Gasteiger charge is -2.49. The molecule has 0 aliphatic carbocycles. The number of aromatic nitrogens is 3. The van der Waals surface area contributed by atoms with Gasteiger partial charge in [0.25, 0.3) is 0 Å². The summed E-state index contributed by atoms with van der Waals surface area (Å²) < 4.78 is 13.6. The van der Waals surface area contributed by atoms with Crippen LogP contribution in [0.25, 0.3) is 17.0 Å². The van der Waals surface area contributed by atoms with Gasteiger partial charge in [0.15, 0.2) is 0 Å². The maximum absolute atomic E-state index is 12.9. The van der Waals surface area contributed by atoms with E-state index in [2.05, 4.69) is 14.3 Å². The van der Waals surface area contributed by atoms with E-state index in [1.54, 1.807) is 6.20 Å². The molecule has 3 aromatic heterocycles. The lowest BCUT2D eigenvalue weighted by Crippen LogP contribution is -2.66. The minimum atomic E-state index is -0.527. The number of hydrogen-bond donors (Lipinski definition) is 0. The topological polar surface area (TPSA) is 72.2 Å². The quantitative estimate of drug-likeness (QED) is 0.580. The number of halogens is 1. The standard InChI is InChI=1S/C24H28ClN5O3/c1-24(2,3)33-23(31)30-17-11-28(12-18(30)15-32-14-17)13-20-22(19-8-7-16(25)10-26-19)27-21-6-4-5-9-29(20)21/h4-10,17-18H,11-15H2,1-3H3. The van der Waals surface area contributed by atoms with Crippen molar-refractivity contribution in [3.05, 3.63) is 53.4 Å². The Bertz CT molecular complexity index is 1140. The zero-order chi connectivity index (χ0) is 23.2. The van der Waals surface area contributed by atoms with Gasteiger partial charge in [-0.05, 0) is 45.0 Å². The van der Waals surface area contributed by atoms with E-state index in [-0.39, 0.29) is 18.2 Å². The van der Waals surface area contributed by atoms with Gasteiger partial charge in [-0.2, -0.15) is 0 Å². The normalized spacial score (nSPS) is 21.4. The molecule has 9 heteroatoms. The van der Waals surface area contributed by atoms with Crippen LogP contribution in [-0.2, 0) is 16.0 Å². The molecule has 2 saturated heterocycles. The maximum Gasteiger partial charge on any atom is 0.411 e. The number of morpholine rings is 1. The first-order chi connectivity index (χ1) is 15.8. The summed E-state index contributed by atoms with van der Waals surface area (Å²) >= 11 is 6.06. The van der Waals surface area contributed by atoms with E-state index < -0.39 is 5.60 Å². The van der Waals surface area contributed by atoms with Gasteiger partial charge >= 0.3 is 6.09 Å². The van der Waals surface area contributed by atoms with Crippen molar-refractivity contribution in [2.75, 3.05) is 26.3 Å². The first-order valence-electron chi connectivity index (χ1n) is 11.2. The van der Waals surface area contributed by atoms with Gasteiger partial charge < -0.3 is 13.9 Å². The minimum absolute atomic E-state index is 0.0522. The summed E-state index contributed by atoms with van der Waals surface area (Å²) in [6.07, 6.45) is 3.41. The highest BCUT2D eigenvalue weighted by Crippen LogP contribution is 2.29. The molecule has 174 valence electrons. The van der Waals surface area contributed by atoms with Crippen LogP contribution in [0.3, 0.4) is 0 Å². The molecule has 2 aliphatic heterocycles. The predicted octanol–water partition coefficient (Wildman–Crippen LogP) is 3.87. The molecule has 1 amide bonds.